The molecule has 1 unspecified atom stereocenters. The molecule has 25 heavy (non-hydrogen) atoms. The van der Waals surface area contributed by atoms with Gasteiger partial charge in [-0.15, -0.1) is 0 Å². The molecule has 0 radical (unpaired) electrons. The van der Waals surface area contributed by atoms with Crippen molar-refractivity contribution in [2.75, 3.05) is 13.1 Å². The number of rotatable bonds is 4. The van der Waals surface area contributed by atoms with Gasteiger partial charge in [0.25, 0.3) is 5.91 Å². The van der Waals surface area contributed by atoms with Gasteiger partial charge in [0.05, 0.1) is 17.7 Å². The quantitative estimate of drug-likeness (QED) is 0.913. The first-order chi connectivity index (χ1) is 11.9. The molecular weight excluding hydrogens is 323 g/mol. The van der Waals surface area contributed by atoms with Crippen LogP contribution in [-0.4, -0.2) is 39.8 Å². The van der Waals surface area contributed by atoms with Crippen molar-refractivity contribution in [1.82, 2.24) is 14.9 Å². The Kier molecular flexibility index (Phi) is 4.74. The average Bonchev–Trinajstić information content (AvgIpc) is 3.06. The summed E-state index contributed by atoms with van der Waals surface area (Å²) in [6.45, 7) is 2.89. The van der Waals surface area contributed by atoms with Crippen LogP contribution in [0.4, 0.5) is 4.39 Å². The van der Waals surface area contributed by atoms with Crippen LogP contribution in [0.3, 0.4) is 0 Å². The predicted octanol–water partition coefficient (Wildman–Crippen LogP) is 1.58. The van der Waals surface area contributed by atoms with E-state index in [0.29, 0.717) is 30.2 Å². The molecule has 2 heterocycles. The zero-order valence-corrected chi connectivity index (χ0v) is 13.9. The van der Waals surface area contributed by atoms with Crippen molar-refractivity contribution in [3.05, 3.63) is 58.9 Å². The molecule has 0 aliphatic carbocycles. The van der Waals surface area contributed by atoms with E-state index in [1.54, 1.807) is 24.0 Å². The summed E-state index contributed by atoms with van der Waals surface area (Å²) in [4.78, 5) is 34.1. The molecule has 0 saturated carbocycles. The van der Waals surface area contributed by atoms with Crippen LogP contribution in [0.5, 0.6) is 0 Å². The average molecular weight is 342 g/mol. The van der Waals surface area contributed by atoms with Crippen LogP contribution in [0.1, 0.15) is 39.8 Å². The van der Waals surface area contributed by atoms with Gasteiger partial charge in [0.1, 0.15) is 11.6 Å². The van der Waals surface area contributed by atoms with Gasteiger partial charge in [0, 0.05) is 25.2 Å². The number of carbonyl (C=O) groups excluding carboxylic acids is 2. The smallest absolute Gasteiger partial charge is 0.252 e. The minimum Gasteiger partial charge on any atom is -0.365 e. The molecule has 2 amide bonds. The van der Waals surface area contributed by atoms with E-state index in [1.807, 2.05) is 0 Å². The summed E-state index contributed by atoms with van der Waals surface area (Å²) in [6, 6.07) is 5.95. The highest BCUT2D eigenvalue weighted by atomic mass is 19.1. The third-order valence-electron chi connectivity index (χ3n) is 4.44. The van der Waals surface area contributed by atoms with E-state index in [9.17, 15) is 14.0 Å². The lowest BCUT2D eigenvalue weighted by Crippen LogP contribution is -2.30. The summed E-state index contributed by atoms with van der Waals surface area (Å²) < 4.78 is 12.9. The number of likely N-dealkylation sites (tertiary alicyclic amines) is 1. The lowest BCUT2D eigenvalue weighted by molar-refractivity contribution is -0.129. The second kappa shape index (κ2) is 6.96. The zero-order valence-electron chi connectivity index (χ0n) is 13.9. The van der Waals surface area contributed by atoms with E-state index in [-0.39, 0.29) is 24.1 Å². The molecule has 1 aliphatic rings. The lowest BCUT2D eigenvalue weighted by atomic mass is 10.1. The van der Waals surface area contributed by atoms with Gasteiger partial charge in [-0.1, -0.05) is 12.1 Å². The molecule has 1 aliphatic heterocycles. The summed E-state index contributed by atoms with van der Waals surface area (Å²) in [5.74, 6) is -0.201. The molecule has 1 saturated heterocycles. The van der Waals surface area contributed by atoms with Crippen LogP contribution in [0.15, 0.2) is 30.5 Å². The number of amides is 2. The fourth-order valence-electron chi connectivity index (χ4n) is 3.01. The number of nitrogens with zero attached hydrogens (tertiary/aromatic N) is 3. The third kappa shape index (κ3) is 3.81. The van der Waals surface area contributed by atoms with E-state index in [4.69, 9.17) is 5.73 Å². The number of hydrogen-bond acceptors (Lipinski definition) is 4. The zero-order chi connectivity index (χ0) is 18.0. The molecule has 7 heteroatoms. The number of carbonyl (C=O) groups is 2. The molecule has 0 bridgehead atoms. The van der Waals surface area contributed by atoms with E-state index in [2.05, 4.69) is 9.97 Å². The number of halogens is 1. The van der Waals surface area contributed by atoms with Gasteiger partial charge >= 0.3 is 0 Å². The normalized spacial score (nSPS) is 16.9. The lowest BCUT2D eigenvalue weighted by Gasteiger charge is -2.16. The topological polar surface area (TPSA) is 89.2 Å². The molecular formula is C18H19FN4O2. The van der Waals surface area contributed by atoms with E-state index in [0.717, 1.165) is 12.0 Å². The number of benzene rings is 1. The first kappa shape index (κ1) is 17.0. The monoisotopic (exact) mass is 342 g/mol. The molecule has 6 nitrogen and oxygen atoms in total. The first-order valence-electron chi connectivity index (χ1n) is 8.09. The number of nitrogens with two attached hydrogens (primary N) is 1. The van der Waals surface area contributed by atoms with Gasteiger partial charge in [-0.25, -0.2) is 14.4 Å². The molecule has 0 spiro atoms. The summed E-state index contributed by atoms with van der Waals surface area (Å²) in [5, 5.41) is 0. The van der Waals surface area contributed by atoms with Crippen molar-refractivity contribution in [1.29, 1.82) is 0 Å². The Bertz CT molecular complexity index is 807. The number of primary amides is 1. The third-order valence-corrected chi connectivity index (χ3v) is 4.44. The SMILES string of the molecule is Cc1nc(C2CCN(C(=O)Cc3ccc(F)cc3)C2)ncc1C(N)=O. The highest BCUT2D eigenvalue weighted by Crippen LogP contribution is 2.25. The van der Waals surface area contributed by atoms with E-state index < -0.39 is 5.91 Å². The van der Waals surface area contributed by atoms with Gasteiger partial charge in [0.2, 0.25) is 5.91 Å². The van der Waals surface area contributed by atoms with Crippen molar-refractivity contribution in [3.63, 3.8) is 0 Å². The van der Waals surface area contributed by atoms with Crippen LogP contribution in [0, 0.1) is 12.7 Å². The van der Waals surface area contributed by atoms with Crippen LogP contribution in [-0.2, 0) is 11.2 Å². The molecule has 1 atom stereocenters. The molecule has 1 aromatic heterocycles. The van der Waals surface area contributed by atoms with Gasteiger partial charge in [0.15, 0.2) is 0 Å². The Morgan fingerprint density at radius 3 is 2.68 bits per heavy atom. The van der Waals surface area contributed by atoms with Crippen molar-refractivity contribution in [2.45, 2.75) is 25.7 Å². The van der Waals surface area contributed by atoms with E-state index >= 15 is 0 Å². The molecule has 130 valence electrons. The van der Waals surface area contributed by atoms with Crippen LogP contribution >= 0.6 is 0 Å². The number of aromatic nitrogens is 2. The van der Waals surface area contributed by atoms with Crippen LogP contribution < -0.4 is 5.73 Å². The van der Waals surface area contributed by atoms with Crippen molar-refractivity contribution in [3.8, 4) is 0 Å². The second-order valence-electron chi connectivity index (χ2n) is 6.22. The molecule has 2 aromatic rings. The summed E-state index contributed by atoms with van der Waals surface area (Å²) in [7, 11) is 0. The summed E-state index contributed by atoms with van der Waals surface area (Å²) in [5.41, 5.74) is 6.91. The minimum absolute atomic E-state index is 0.000383. The summed E-state index contributed by atoms with van der Waals surface area (Å²) in [6.07, 6.45) is 2.46. The van der Waals surface area contributed by atoms with Gasteiger partial charge in [-0.05, 0) is 31.0 Å². The Balaban J connectivity index is 1.65. The maximum atomic E-state index is 12.9. The Morgan fingerprint density at radius 2 is 2.04 bits per heavy atom. The Hall–Kier alpha value is -2.83. The van der Waals surface area contributed by atoms with Gasteiger partial charge in [-0.3, -0.25) is 9.59 Å². The number of hydrogen-bond donors (Lipinski definition) is 1. The number of aryl methyl sites for hydroxylation is 1. The predicted molar refractivity (Wildman–Crippen MR) is 89.3 cm³/mol. The van der Waals surface area contributed by atoms with Crippen LogP contribution in [0.2, 0.25) is 0 Å². The second-order valence-corrected chi connectivity index (χ2v) is 6.22. The Labute approximate surface area is 144 Å². The fraction of sp³-hybridized carbons (Fsp3) is 0.333. The van der Waals surface area contributed by atoms with E-state index in [1.165, 1.54) is 18.3 Å². The molecule has 1 fully saturated rings. The standard InChI is InChI=1S/C18H19FN4O2/c1-11-15(17(20)25)9-21-18(22-11)13-6-7-23(10-13)16(24)8-12-2-4-14(19)5-3-12/h2-5,9,13H,6-8,10H2,1H3,(H2,20,25). The highest BCUT2D eigenvalue weighted by Gasteiger charge is 2.29. The van der Waals surface area contributed by atoms with Gasteiger partial charge < -0.3 is 10.6 Å². The highest BCUT2D eigenvalue weighted by molar-refractivity contribution is 5.93. The molecule has 2 N–H and O–H groups in total. The largest absolute Gasteiger partial charge is 0.365 e. The summed E-state index contributed by atoms with van der Waals surface area (Å²) >= 11 is 0. The fourth-order valence-corrected chi connectivity index (χ4v) is 3.01. The van der Waals surface area contributed by atoms with Crippen molar-refractivity contribution < 1.29 is 14.0 Å². The molecule has 3 rings (SSSR count). The van der Waals surface area contributed by atoms with Crippen molar-refractivity contribution >= 4 is 11.8 Å². The maximum Gasteiger partial charge on any atom is 0.252 e. The Morgan fingerprint density at radius 1 is 1.32 bits per heavy atom. The first-order valence-corrected chi connectivity index (χ1v) is 8.09. The van der Waals surface area contributed by atoms with Crippen molar-refractivity contribution in [2.24, 2.45) is 5.73 Å². The van der Waals surface area contributed by atoms with Gasteiger partial charge in [-0.2, -0.15) is 0 Å². The maximum absolute atomic E-state index is 12.9. The molecule has 1 aromatic carbocycles. The van der Waals surface area contributed by atoms with Crippen LogP contribution in [0.25, 0.3) is 0 Å². The minimum atomic E-state index is -0.549.